The summed E-state index contributed by atoms with van der Waals surface area (Å²) in [6.07, 6.45) is 1.18. The van der Waals surface area contributed by atoms with E-state index < -0.39 is 0 Å². The van der Waals surface area contributed by atoms with E-state index >= 15 is 0 Å². The number of halogens is 2. The number of hydrogen-bond acceptors (Lipinski definition) is 5. The number of benzene rings is 2. The van der Waals surface area contributed by atoms with Gasteiger partial charge in [0.05, 0.1) is 29.9 Å². The first-order chi connectivity index (χ1) is 15.4. The van der Waals surface area contributed by atoms with E-state index in [0.29, 0.717) is 18.1 Å². The maximum absolute atomic E-state index is 13.7. The number of rotatable bonds is 7. The van der Waals surface area contributed by atoms with E-state index in [1.807, 2.05) is 0 Å². The third kappa shape index (κ3) is 6.29. The predicted octanol–water partition coefficient (Wildman–Crippen LogP) is 5.08. The van der Waals surface area contributed by atoms with Crippen molar-refractivity contribution in [2.45, 2.75) is 33.6 Å². The number of aromatic nitrogens is 1. The molecular formula is C25H31ClFN3O2S. The molecule has 0 bridgehead atoms. The van der Waals surface area contributed by atoms with E-state index in [9.17, 15) is 9.18 Å². The van der Waals surface area contributed by atoms with Gasteiger partial charge in [-0.3, -0.25) is 14.6 Å². The Morgan fingerprint density at radius 2 is 1.85 bits per heavy atom. The number of carbonyl (C=O) groups excluding carboxylic acids is 1. The van der Waals surface area contributed by atoms with Crippen LogP contribution in [0.25, 0.3) is 10.2 Å². The van der Waals surface area contributed by atoms with Crippen molar-refractivity contribution in [3.8, 4) is 0 Å². The fourth-order valence-electron chi connectivity index (χ4n) is 4.34. The predicted molar refractivity (Wildman–Crippen MR) is 135 cm³/mol. The van der Waals surface area contributed by atoms with Crippen LogP contribution in [0, 0.1) is 26.6 Å². The zero-order chi connectivity index (χ0) is 22.7. The van der Waals surface area contributed by atoms with Gasteiger partial charge in [-0.15, -0.1) is 12.4 Å². The summed E-state index contributed by atoms with van der Waals surface area (Å²) < 4.78 is 19.9. The lowest BCUT2D eigenvalue weighted by molar-refractivity contribution is -0.118. The minimum absolute atomic E-state index is 0. The molecule has 1 aliphatic rings. The summed E-state index contributed by atoms with van der Waals surface area (Å²) >= 11 is 1.38. The fraction of sp³-hybridized carbons (Fsp3) is 0.440. The van der Waals surface area contributed by atoms with Gasteiger partial charge in [-0.25, -0.2) is 9.37 Å². The number of fused-ring (bicyclic) bond motifs is 1. The number of carbonyl (C=O) groups is 1. The van der Waals surface area contributed by atoms with Gasteiger partial charge in [0.2, 0.25) is 5.91 Å². The molecule has 0 radical (unpaired) electrons. The van der Waals surface area contributed by atoms with Gasteiger partial charge < -0.3 is 4.74 Å². The average molecular weight is 492 g/mol. The first-order valence-corrected chi connectivity index (χ1v) is 12.0. The van der Waals surface area contributed by atoms with E-state index in [2.05, 4.69) is 42.8 Å². The second-order valence-corrected chi connectivity index (χ2v) is 9.52. The molecule has 5 nitrogen and oxygen atoms in total. The molecule has 0 unspecified atom stereocenters. The minimum Gasteiger partial charge on any atom is -0.379 e. The lowest BCUT2D eigenvalue weighted by atomic mass is 9.97. The summed E-state index contributed by atoms with van der Waals surface area (Å²) in [7, 11) is 0. The van der Waals surface area contributed by atoms with Gasteiger partial charge in [0.1, 0.15) is 5.82 Å². The molecule has 2 heterocycles. The van der Waals surface area contributed by atoms with Gasteiger partial charge in [0.25, 0.3) is 0 Å². The Labute approximate surface area is 205 Å². The zero-order valence-corrected chi connectivity index (χ0v) is 21.0. The Hall–Kier alpha value is -2.06. The monoisotopic (exact) mass is 491 g/mol. The highest BCUT2D eigenvalue weighted by Gasteiger charge is 2.22. The molecule has 0 aliphatic carbocycles. The van der Waals surface area contributed by atoms with Crippen molar-refractivity contribution in [3.05, 3.63) is 58.4 Å². The normalized spacial score (nSPS) is 14.3. The molecule has 0 N–H and O–H groups in total. The summed E-state index contributed by atoms with van der Waals surface area (Å²) in [5.74, 6) is -0.259. The van der Waals surface area contributed by atoms with Crippen LogP contribution in [0.15, 0.2) is 30.3 Å². The maximum atomic E-state index is 13.7. The van der Waals surface area contributed by atoms with Crippen LogP contribution < -0.4 is 4.90 Å². The lowest BCUT2D eigenvalue weighted by Crippen LogP contribution is -2.39. The van der Waals surface area contributed by atoms with Crippen LogP contribution in [-0.4, -0.2) is 55.2 Å². The van der Waals surface area contributed by atoms with Crippen molar-refractivity contribution < 1.29 is 13.9 Å². The van der Waals surface area contributed by atoms with E-state index in [0.717, 1.165) is 66.2 Å². The smallest absolute Gasteiger partial charge is 0.233 e. The molecular weight excluding hydrogens is 461 g/mol. The third-order valence-electron chi connectivity index (χ3n) is 6.00. The van der Waals surface area contributed by atoms with Crippen LogP contribution in [-0.2, 0) is 16.0 Å². The number of morpholine rings is 1. The van der Waals surface area contributed by atoms with E-state index in [1.165, 1.54) is 29.0 Å². The third-order valence-corrected chi connectivity index (χ3v) is 7.04. The summed E-state index contributed by atoms with van der Waals surface area (Å²) in [5.41, 5.74) is 5.27. The van der Waals surface area contributed by atoms with Crippen LogP contribution in [0.2, 0.25) is 0 Å². The average Bonchev–Trinajstić information content (AvgIpc) is 3.17. The van der Waals surface area contributed by atoms with E-state index in [4.69, 9.17) is 4.74 Å². The van der Waals surface area contributed by atoms with Crippen molar-refractivity contribution in [2.24, 2.45) is 0 Å². The summed E-state index contributed by atoms with van der Waals surface area (Å²) in [6.45, 7) is 11.1. The van der Waals surface area contributed by atoms with Crippen molar-refractivity contribution in [2.75, 3.05) is 44.3 Å². The first kappa shape index (κ1) is 25.6. The Morgan fingerprint density at radius 1 is 1.15 bits per heavy atom. The van der Waals surface area contributed by atoms with Crippen molar-refractivity contribution in [3.63, 3.8) is 0 Å². The van der Waals surface area contributed by atoms with Crippen molar-refractivity contribution in [1.29, 1.82) is 0 Å². The highest BCUT2D eigenvalue weighted by molar-refractivity contribution is 7.22. The molecule has 8 heteroatoms. The number of amides is 1. The number of anilines is 1. The molecule has 2 aromatic carbocycles. The second kappa shape index (κ2) is 11.4. The molecule has 1 saturated heterocycles. The molecule has 3 aromatic rings. The van der Waals surface area contributed by atoms with Gasteiger partial charge in [-0.2, -0.15) is 0 Å². The Bertz CT molecular complexity index is 1090. The molecule has 178 valence electrons. The van der Waals surface area contributed by atoms with Gasteiger partial charge in [-0.1, -0.05) is 29.0 Å². The molecule has 33 heavy (non-hydrogen) atoms. The van der Waals surface area contributed by atoms with Crippen LogP contribution >= 0.6 is 23.7 Å². The van der Waals surface area contributed by atoms with Gasteiger partial charge >= 0.3 is 0 Å². The summed E-state index contributed by atoms with van der Waals surface area (Å²) in [4.78, 5) is 22.3. The highest BCUT2D eigenvalue weighted by atomic mass is 35.5. The largest absolute Gasteiger partial charge is 0.379 e. The molecule has 1 aliphatic heterocycles. The standard InChI is InChI=1S/C25H30FN3O2S.ClH/c1-17-13-18(2)21(19(3)14-17)16-24(30)29(8-4-7-28-9-11-31-12-10-28)25-27-22-6-5-20(26)15-23(22)32-25;/h5-6,13-15H,4,7-12,16H2,1-3H3;1H. The molecule has 1 fully saturated rings. The zero-order valence-electron chi connectivity index (χ0n) is 19.4. The summed E-state index contributed by atoms with van der Waals surface area (Å²) in [6, 6.07) is 8.82. The number of ether oxygens (including phenoxy) is 1. The van der Waals surface area contributed by atoms with Crippen molar-refractivity contribution in [1.82, 2.24) is 9.88 Å². The van der Waals surface area contributed by atoms with Crippen LogP contribution in [0.4, 0.5) is 9.52 Å². The molecule has 1 aromatic heterocycles. The van der Waals surface area contributed by atoms with Crippen LogP contribution in [0.1, 0.15) is 28.7 Å². The lowest BCUT2D eigenvalue weighted by Gasteiger charge is -2.28. The van der Waals surface area contributed by atoms with Crippen molar-refractivity contribution >= 4 is 45.0 Å². The second-order valence-electron chi connectivity index (χ2n) is 8.52. The number of thiazole rings is 1. The fourth-order valence-corrected chi connectivity index (χ4v) is 5.38. The number of nitrogens with zero attached hydrogens (tertiary/aromatic N) is 3. The molecule has 0 atom stereocenters. The van der Waals surface area contributed by atoms with E-state index in [1.54, 1.807) is 11.0 Å². The molecule has 4 rings (SSSR count). The topological polar surface area (TPSA) is 45.7 Å². The van der Waals surface area contributed by atoms with Gasteiger partial charge in [-0.05, 0) is 62.1 Å². The quantitative estimate of drug-likeness (QED) is 0.462. The minimum atomic E-state index is -0.288. The maximum Gasteiger partial charge on any atom is 0.233 e. The van der Waals surface area contributed by atoms with Gasteiger partial charge in [0, 0.05) is 26.2 Å². The Balaban J connectivity index is 0.00000306. The summed E-state index contributed by atoms with van der Waals surface area (Å²) in [5, 5.41) is 0.639. The van der Waals surface area contributed by atoms with E-state index in [-0.39, 0.29) is 24.1 Å². The number of hydrogen-bond donors (Lipinski definition) is 0. The Kier molecular flexibility index (Phi) is 8.82. The molecule has 0 saturated carbocycles. The highest BCUT2D eigenvalue weighted by Crippen LogP contribution is 2.30. The Morgan fingerprint density at radius 3 is 2.55 bits per heavy atom. The SMILES string of the molecule is Cc1cc(C)c(CC(=O)N(CCCN2CCOCC2)c2nc3ccc(F)cc3s2)c(C)c1.Cl. The van der Waals surface area contributed by atoms with Crippen LogP contribution in [0.3, 0.4) is 0 Å². The number of aryl methyl sites for hydroxylation is 3. The molecule has 1 amide bonds. The first-order valence-electron chi connectivity index (χ1n) is 11.1. The van der Waals surface area contributed by atoms with Gasteiger partial charge in [0.15, 0.2) is 5.13 Å². The van der Waals surface area contributed by atoms with Crippen LogP contribution in [0.5, 0.6) is 0 Å². The molecule has 0 spiro atoms.